The minimum atomic E-state index is -0.908. The number of hydrogen-bond acceptors (Lipinski definition) is 9. The number of halogens is 2. The van der Waals surface area contributed by atoms with Crippen molar-refractivity contribution < 1.29 is 8.78 Å². The molecule has 2 N–H and O–H groups in total. The molecule has 0 aliphatic rings. The first-order valence-electron chi connectivity index (χ1n) is 11.2. The minimum absolute atomic E-state index is 0.0318. The van der Waals surface area contributed by atoms with Crippen LogP contribution in [0.1, 0.15) is 16.7 Å². The highest BCUT2D eigenvalue weighted by atomic mass is 32.1. The lowest BCUT2D eigenvalue weighted by atomic mass is 10.1. The van der Waals surface area contributed by atoms with E-state index in [9.17, 15) is 19.2 Å². The van der Waals surface area contributed by atoms with Crippen LogP contribution >= 0.6 is 11.3 Å². The van der Waals surface area contributed by atoms with Crippen molar-refractivity contribution in [3.8, 4) is 11.8 Å². The number of aromatic nitrogens is 5. The van der Waals surface area contributed by atoms with Gasteiger partial charge in [0.05, 0.1) is 39.9 Å². The number of pyridine rings is 1. The maximum absolute atomic E-state index is 15.0. The molecule has 0 aliphatic carbocycles. The van der Waals surface area contributed by atoms with E-state index in [2.05, 4.69) is 25.6 Å². The second-order valence-electron chi connectivity index (χ2n) is 8.26. The number of fused-ring (bicyclic) bond motifs is 1. The van der Waals surface area contributed by atoms with Crippen molar-refractivity contribution >= 4 is 38.3 Å². The average molecular weight is 533 g/mol. The van der Waals surface area contributed by atoms with Gasteiger partial charge >= 0.3 is 11.4 Å². The maximum Gasteiger partial charge on any atom is 0.359 e. The van der Waals surface area contributed by atoms with Crippen LogP contribution in [0.4, 0.5) is 25.5 Å². The van der Waals surface area contributed by atoms with Gasteiger partial charge in [0, 0.05) is 19.3 Å². The number of hydrogen-bond donors (Lipinski definition) is 2. The Balaban J connectivity index is 1.68. The summed E-state index contributed by atoms with van der Waals surface area (Å²) in [5.41, 5.74) is -0.215. The Morgan fingerprint density at radius 1 is 1.08 bits per heavy atom. The summed E-state index contributed by atoms with van der Waals surface area (Å²) in [6.07, 6.45) is 2.91. The molecule has 190 valence electrons. The lowest BCUT2D eigenvalue weighted by Gasteiger charge is -2.16. The maximum atomic E-state index is 15.0. The molecule has 0 saturated carbocycles. The molecule has 0 fully saturated rings. The van der Waals surface area contributed by atoms with Gasteiger partial charge in [-0.1, -0.05) is 17.4 Å². The average Bonchev–Trinajstić information content (AvgIpc) is 3.29. The fraction of sp³-hybridized carbons (Fsp3) is 0.120. The summed E-state index contributed by atoms with van der Waals surface area (Å²) in [7, 11) is 1.70. The molecular weight excluding hydrogens is 514 g/mol. The Labute approximate surface area is 217 Å². The van der Waals surface area contributed by atoms with E-state index in [1.165, 1.54) is 41.8 Å². The number of benzene rings is 2. The molecule has 2 aromatic carbocycles. The zero-order valence-electron chi connectivity index (χ0n) is 20.0. The number of rotatable bonds is 6. The van der Waals surface area contributed by atoms with Gasteiger partial charge in [0.15, 0.2) is 5.13 Å². The van der Waals surface area contributed by atoms with E-state index < -0.39 is 23.0 Å². The van der Waals surface area contributed by atoms with Crippen LogP contribution in [-0.4, -0.2) is 31.1 Å². The van der Waals surface area contributed by atoms with Crippen molar-refractivity contribution in [1.82, 2.24) is 24.1 Å². The number of nitriles is 1. The van der Waals surface area contributed by atoms with Gasteiger partial charge in [0.25, 0.3) is 0 Å². The smallest absolute Gasteiger partial charge is 0.359 e. The monoisotopic (exact) mass is 532 g/mol. The molecule has 13 heteroatoms. The van der Waals surface area contributed by atoms with Crippen LogP contribution in [0.15, 0.2) is 58.4 Å². The summed E-state index contributed by atoms with van der Waals surface area (Å²) in [4.78, 5) is 39.0. The number of aryl methyl sites for hydroxylation is 1. The van der Waals surface area contributed by atoms with Crippen LogP contribution in [0.3, 0.4) is 0 Å². The van der Waals surface area contributed by atoms with Crippen molar-refractivity contribution in [3.05, 3.63) is 98.1 Å². The summed E-state index contributed by atoms with van der Waals surface area (Å²) in [5.74, 6) is -1.63. The number of nitrogens with one attached hydrogen (secondary N) is 2. The first-order valence-corrected chi connectivity index (χ1v) is 12.0. The standard InChI is InChI=1S/C25H18F2N8O2S/c1-13-5-16(11-30-10-13)35-24(36)33-22(31-19-8-21-20(7-18(19)27)32-23(29-2)38-21)34(25(35)37)12-14-3-4-17(26)15(6-14)9-28/h3-8,10-11H,12H2,1-2H3,(H,29,32)(H,31,33,36). The Bertz CT molecular complexity index is 1870. The van der Waals surface area contributed by atoms with Gasteiger partial charge < -0.3 is 10.6 Å². The zero-order valence-corrected chi connectivity index (χ0v) is 20.8. The van der Waals surface area contributed by atoms with Crippen molar-refractivity contribution in [1.29, 1.82) is 5.26 Å². The molecule has 0 aliphatic heterocycles. The molecular formula is C25H18F2N8O2S. The Hall–Kier alpha value is -4.96. The van der Waals surface area contributed by atoms with Gasteiger partial charge in [-0.05, 0) is 42.3 Å². The third kappa shape index (κ3) is 4.60. The SMILES string of the molecule is CNc1nc2cc(F)c(Nc3nc(=O)n(-c4cncc(C)c4)c(=O)n3Cc3ccc(F)c(C#N)c3)cc2s1. The molecule has 5 rings (SSSR count). The van der Waals surface area contributed by atoms with Gasteiger partial charge in [-0.25, -0.2) is 27.9 Å². The van der Waals surface area contributed by atoms with Crippen LogP contribution in [0.25, 0.3) is 15.9 Å². The summed E-state index contributed by atoms with van der Waals surface area (Å²) in [5, 5.41) is 15.5. The van der Waals surface area contributed by atoms with Crippen LogP contribution in [-0.2, 0) is 6.54 Å². The lowest BCUT2D eigenvalue weighted by Crippen LogP contribution is -2.41. The summed E-state index contributed by atoms with van der Waals surface area (Å²) in [6.45, 7) is 1.56. The molecule has 10 nitrogen and oxygen atoms in total. The number of thiazole rings is 1. The zero-order chi connectivity index (χ0) is 27.0. The molecule has 0 bridgehead atoms. The van der Waals surface area contributed by atoms with Gasteiger partial charge in [-0.2, -0.15) is 10.2 Å². The third-order valence-electron chi connectivity index (χ3n) is 5.62. The van der Waals surface area contributed by atoms with E-state index in [0.717, 1.165) is 15.2 Å². The van der Waals surface area contributed by atoms with Crippen molar-refractivity contribution in [2.24, 2.45) is 0 Å². The normalized spacial score (nSPS) is 10.9. The Morgan fingerprint density at radius 3 is 2.63 bits per heavy atom. The van der Waals surface area contributed by atoms with E-state index in [0.29, 0.717) is 26.5 Å². The van der Waals surface area contributed by atoms with Gasteiger partial charge in [0.2, 0.25) is 5.95 Å². The molecule has 0 saturated heterocycles. The second kappa shape index (κ2) is 9.83. The highest BCUT2D eigenvalue weighted by Gasteiger charge is 2.18. The van der Waals surface area contributed by atoms with Crippen LogP contribution < -0.4 is 22.0 Å². The molecule has 0 spiro atoms. The van der Waals surface area contributed by atoms with Gasteiger partial charge in [-0.15, -0.1) is 0 Å². The van der Waals surface area contributed by atoms with E-state index >= 15 is 4.39 Å². The van der Waals surface area contributed by atoms with Crippen LogP contribution in [0.5, 0.6) is 0 Å². The van der Waals surface area contributed by atoms with Crippen LogP contribution in [0, 0.1) is 29.9 Å². The molecule has 0 amide bonds. The van der Waals surface area contributed by atoms with E-state index in [1.807, 2.05) is 0 Å². The van der Waals surface area contributed by atoms with Crippen molar-refractivity contribution in [2.45, 2.75) is 13.5 Å². The predicted molar refractivity (Wildman–Crippen MR) is 139 cm³/mol. The first kappa shape index (κ1) is 24.7. The predicted octanol–water partition coefficient (Wildman–Crippen LogP) is 3.69. The van der Waals surface area contributed by atoms with Crippen molar-refractivity contribution in [2.75, 3.05) is 17.7 Å². The molecule has 3 aromatic heterocycles. The van der Waals surface area contributed by atoms with E-state index in [-0.39, 0.29) is 29.4 Å². The highest BCUT2D eigenvalue weighted by Crippen LogP contribution is 2.31. The first-order chi connectivity index (χ1) is 18.3. The van der Waals surface area contributed by atoms with E-state index in [4.69, 9.17) is 0 Å². The van der Waals surface area contributed by atoms with Gasteiger partial charge in [-0.3, -0.25) is 9.55 Å². The quantitative estimate of drug-likeness (QED) is 0.339. The molecule has 0 unspecified atom stereocenters. The van der Waals surface area contributed by atoms with Crippen LogP contribution in [0.2, 0.25) is 0 Å². The number of anilines is 3. The Morgan fingerprint density at radius 2 is 1.89 bits per heavy atom. The summed E-state index contributed by atoms with van der Waals surface area (Å²) in [6, 6.07) is 9.89. The van der Waals surface area contributed by atoms with E-state index in [1.54, 1.807) is 32.3 Å². The molecule has 0 radical (unpaired) electrons. The van der Waals surface area contributed by atoms with Gasteiger partial charge in [0.1, 0.15) is 17.7 Å². The lowest BCUT2D eigenvalue weighted by molar-refractivity contribution is 0.618. The summed E-state index contributed by atoms with van der Waals surface area (Å²) < 4.78 is 31.5. The number of nitrogens with zero attached hydrogens (tertiary/aromatic N) is 6. The largest absolute Gasteiger partial charge is 0.365 e. The highest BCUT2D eigenvalue weighted by molar-refractivity contribution is 7.22. The molecule has 3 heterocycles. The third-order valence-corrected chi connectivity index (χ3v) is 6.65. The minimum Gasteiger partial charge on any atom is -0.365 e. The topological polar surface area (TPSA) is 131 Å². The molecule has 0 atom stereocenters. The summed E-state index contributed by atoms with van der Waals surface area (Å²) >= 11 is 1.29. The molecule has 5 aromatic rings. The molecule has 38 heavy (non-hydrogen) atoms. The Kier molecular flexibility index (Phi) is 6.39. The fourth-order valence-electron chi connectivity index (χ4n) is 3.82. The second-order valence-corrected chi connectivity index (χ2v) is 9.29. The fourth-order valence-corrected chi connectivity index (χ4v) is 4.67. The van der Waals surface area contributed by atoms with Crippen molar-refractivity contribution in [3.63, 3.8) is 0 Å².